The minimum atomic E-state index is -0.122. The molecule has 0 unspecified atom stereocenters. The highest BCUT2D eigenvalue weighted by Gasteiger charge is 2.14. The summed E-state index contributed by atoms with van der Waals surface area (Å²) in [5.74, 6) is -0.122. The van der Waals surface area contributed by atoms with Gasteiger partial charge in [0.25, 0.3) is 5.91 Å². The Morgan fingerprint density at radius 1 is 1.00 bits per heavy atom. The standard InChI is InChI=1S/C18H17N5O3S/c1-23(13-5-4-10-19-11-13)15(24)12-6-8-14(9-7-12)27-18-21-16(25-2)20-17(22-18)26-3/h4-11H,1-3H3. The number of anilines is 1. The van der Waals surface area contributed by atoms with Gasteiger partial charge < -0.3 is 14.4 Å². The van der Waals surface area contributed by atoms with Crippen molar-refractivity contribution in [3.05, 3.63) is 54.4 Å². The Kier molecular flexibility index (Phi) is 5.82. The topological polar surface area (TPSA) is 90.3 Å². The SMILES string of the molecule is COc1nc(OC)nc(Sc2ccc(C(=O)N(C)c3cccnc3)cc2)n1. The first kappa shape index (κ1) is 18.6. The second kappa shape index (κ2) is 8.45. The largest absolute Gasteiger partial charge is 0.467 e. The molecule has 0 spiro atoms. The number of nitrogens with zero attached hydrogens (tertiary/aromatic N) is 5. The van der Waals surface area contributed by atoms with E-state index >= 15 is 0 Å². The Bertz CT molecular complexity index is 900. The van der Waals surface area contributed by atoms with Crippen LogP contribution in [-0.4, -0.2) is 47.1 Å². The first-order valence-electron chi connectivity index (χ1n) is 7.90. The van der Waals surface area contributed by atoms with Gasteiger partial charge >= 0.3 is 12.0 Å². The molecule has 0 fully saturated rings. The Balaban J connectivity index is 1.75. The number of amides is 1. The van der Waals surface area contributed by atoms with Crippen LogP contribution in [0.4, 0.5) is 5.69 Å². The highest BCUT2D eigenvalue weighted by atomic mass is 32.2. The summed E-state index contributed by atoms with van der Waals surface area (Å²) in [5, 5.41) is 0.435. The Hall–Kier alpha value is -3.20. The van der Waals surface area contributed by atoms with Crippen LogP contribution < -0.4 is 14.4 Å². The van der Waals surface area contributed by atoms with Crippen molar-refractivity contribution in [2.45, 2.75) is 10.1 Å². The van der Waals surface area contributed by atoms with E-state index < -0.39 is 0 Å². The number of carbonyl (C=O) groups is 1. The van der Waals surface area contributed by atoms with E-state index in [0.717, 1.165) is 10.6 Å². The molecule has 1 aromatic carbocycles. The summed E-state index contributed by atoms with van der Waals surface area (Å²) < 4.78 is 10.1. The molecular formula is C18H17N5O3S. The zero-order chi connectivity index (χ0) is 19.2. The van der Waals surface area contributed by atoms with E-state index in [0.29, 0.717) is 10.7 Å². The number of ether oxygens (including phenoxy) is 2. The van der Waals surface area contributed by atoms with Crippen molar-refractivity contribution in [3.63, 3.8) is 0 Å². The number of rotatable bonds is 6. The normalized spacial score (nSPS) is 10.3. The highest BCUT2D eigenvalue weighted by Crippen LogP contribution is 2.27. The summed E-state index contributed by atoms with van der Waals surface area (Å²) in [6.45, 7) is 0. The molecule has 138 valence electrons. The minimum Gasteiger partial charge on any atom is -0.467 e. The molecule has 2 heterocycles. The average Bonchev–Trinajstić information content (AvgIpc) is 2.73. The van der Waals surface area contributed by atoms with Crippen molar-refractivity contribution >= 4 is 23.4 Å². The van der Waals surface area contributed by atoms with Gasteiger partial charge in [-0.2, -0.15) is 9.97 Å². The van der Waals surface area contributed by atoms with Gasteiger partial charge in [-0.15, -0.1) is 4.98 Å². The maximum atomic E-state index is 12.6. The van der Waals surface area contributed by atoms with Crippen molar-refractivity contribution < 1.29 is 14.3 Å². The van der Waals surface area contributed by atoms with E-state index in [1.165, 1.54) is 26.0 Å². The van der Waals surface area contributed by atoms with Gasteiger partial charge in [0, 0.05) is 23.7 Å². The van der Waals surface area contributed by atoms with Gasteiger partial charge in [-0.1, -0.05) is 0 Å². The van der Waals surface area contributed by atoms with Gasteiger partial charge in [0.15, 0.2) is 0 Å². The highest BCUT2D eigenvalue weighted by molar-refractivity contribution is 7.99. The van der Waals surface area contributed by atoms with Crippen LogP contribution in [0.3, 0.4) is 0 Å². The number of carbonyl (C=O) groups excluding carboxylic acids is 1. The molecule has 0 bridgehead atoms. The molecule has 0 N–H and O–H groups in total. The Labute approximate surface area is 160 Å². The fourth-order valence-corrected chi connectivity index (χ4v) is 2.91. The Morgan fingerprint density at radius 3 is 2.22 bits per heavy atom. The molecule has 0 aliphatic heterocycles. The average molecular weight is 383 g/mol. The summed E-state index contributed by atoms with van der Waals surface area (Å²) in [5.41, 5.74) is 1.29. The van der Waals surface area contributed by atoms with E-state index in [2.05, 4.69) is 19.9 Å². The van der Waals surface area contributed by atoms with Crippen LogP contribution in [0.1, 0.15) is 10.4 Å². The maximum Gasteiger partial charge on any atom is 0.323 e. The van der Waals surface area contributed by atoms with Crippen molar-refractivity contribution in [2.75, 3.05) is 26.2 Å². The van der Waals surface area contributed by atoms with Crippen LogP contribution in [0.15, 0.2) is 58.8 Å². The molecule has 0 aliphatic rings. The van der Waals surface area contributed by atoms with E-state index in [-0.39, 0.29) is 17.9 Å². The molecule has 0 atom stereocenters. The molecule has 0 aliphatic carbocycles. The van der Waals surface area contributed by atoms with Gasteiger partial charge in [-0.05, 0) is 48.2 Å². The molecule has 9 heteroatoms. The molecular weight excluding hydrogens is 366 g/mol. The lowest BCUT2D eigenvalue weighted by Gasteiger charge is -2.16. The second-order valence-electron chi connectivity index (χ2n) is 5.29. The third-order valence-corrected chi connectivity index (χ3v) is 4.46. The molecule has 2 aromatic heterocycles. The lowest BCUT2D eigenvalue weighted by Crippen LogP contribution is -2.26. The maximum absolute atomic E-state index is 12.6. The number of benzene rings is 1. The summed E-state index contributed by atoms with van der Waals surface area (Å²) >= 11 is 1.31. The molecule has 0 saturated carbocycles. The minimum absolute atomic E-state index is 0.122. The third-order valence-electron chi connectivity index (χ3n) is 3.59. The number of methoxy groups -OCH3 is 2. The molecule has 0 saturated heterocycles. The van der Waals surface area contributed by atoms with Crippen LogP contribution >= 0.6 is 11.8 Å². The van der Waals surface area contributed by atoms with Gasteiger partial charge in [0.2, 0.25) is 5.16 Å². The smallest absolute Gasteiger partial charge is 0.323 e. The van der Waals surface area contributed by atoms with Crippen molar-refractivity contribution in [2.24, 2.45) is 0 Å². The van der Waals surface area contributed by atoms with Crippen LogP contribution in [0.2, 0.25) is 0 Å². The van der Waals surface area contributed by atoms with Crippen LogP contribution in [0, 0.1) is 0 Å². The fourth-order valence-electron chi connectivity index (χ4n) is 2.18. The quantitative estimate of drug-likeness (QED) is 0.642. The van der Waals surface area contributed by atoms with Crippen LogP contribution in [0.5, 0.6) is 12.0 Å². The molecule has 8 nitrogen and oxygen atoms in total. The van der Waals surface area contributed by atoms with E-state index in [1.54, 1.807) is 42.5 Å². The lowest BCUT2D eigenvalue weighted by atomic mass is 10.2. The summed E-state index contributed by atoms with van der Waals surface area (Å²) in [7, 11) is 4.66. The first-order chi connectivity index (χ1) is 13.1. The van der Waals surface area contributed by atoms with E-state index in [4.69, 9.17) is 9.47 Å². The lowest BCUT2D eigenvalue weighted by molar-refractivity contribution is 0.0993. The van der Waals surface area contributed by atoms with E-state index in [9.17, 15) is 4.79 Å². The number of pyridine rings is 1. The van der Waals surface area contributed by atoms with Gasteiger partial charge in [0.1, 0.15) is 0 Å². The summed E-state index contributed by atoms with van der Waals surface area (Å²) in [4.78, 5) is 31.4. The second-order valence-corrected chi connectivity index (χ2v) is 6.33. The van der Waals surface area contributed by atoms with Gasteiger partial charge in [0.05, 0.1) is 26.1 Å². The van der Waals surface area contributed by atoms with Gasteiger partial charge in [-0.25, -0.2) is 0 Å². The fraction of sp³-hybridized carbons (Fsp3) is 0.167. The summed E-state index contributed by atoms with van der Waals surface area (Å²) in [6, 6.07) is 11.1. The number of hydrogen-bond donors (Lipinski definition) is 0. The zero-order valence-electron chi connectivity index (χ0n) is 15.0. The van der Waals surface area contributed by atoms with Gasteiger partial charge in [-0.3, -0.25) is 9.78 Å². The Morgan fingerprint density at radius 2 is 1.67 bits per heavy atom. The third kappa shape index (κ3) is 4.50. The molecule has 1 amide bonds. The van der Waals surface area contributed by atoms with Crippen molar-refractivity contribution in [1.29, 1.82) is 0 Å². The predicted octanol–water partition coefficient (Wildman–Crippen LogP) is 2.71. The molecule has 3 aromatic rings. The van der Waals surface area contributed by atoms with Crippen LogP contribution in [0.25, 0.3) is 0 Å². The zero-order valence-corrected chi connectivity index (χ0v) is 15.8. The van der Waals surface area contributed by atoms with Crippen molar-refractivity contribution in [3.8, 4) is 12.0 Å². The molecule has 27 heavy (non-hydrogen) atoms. The van der Waals surface area contributed by atoms with Crippen molar-refractivity contribution in [1.82, 2.24) is 19.9 Å². The number of aromatic nitrogens is 4. The molecule has 3 rings (SSSR count). The molecule has 0 radical (unpaired) electrons. The predicted molar refractivity (Wildman–Crippen MR) is 100 cm³/mol. The number of hydrogen-bond acceptors (Lipinski definition) is 8. The first-order valence-corrected chi connectivity index (χ1v) is 8.72. The monoisotopic (exact) mass is 383 g/mol. The summed E-state index contributed by atoms with van der Waals surface area (Å²) in [6.07, 6.45) is 3.31. The van der Waals surface area contributed by atoms with E-state index in [1.807, 2.05) is 18.2 Å². The van der Waals surface area contributed by atoms with Crippen LogP contribution in [-0.2, 0) is 0 Å².